The van der Waals surface area contributed by atoms with Crippen LogP contribution in [0.4, 0.5) is 5.69 Å². The fourth-order valence-electron chi connectivity index (χ4n) is 2.47. The van der Waals surface area contributed by atoms with E-state index in [0.29, 0.717) is 30.2 Å². The van der Waals surface area contributed by atoms with Crippen LogP contribution in [-0.2, 0) is 10.0 Å². The first kappa shape index (κ1) is 16.6. The number of hydrogen-bond donors (Lipinski definition) is 1. The third kappa shape index (κ3) is 3.21. The van der Waals surface area contributed by atoms with Crippen LogP contribution in [0.25, 0.3) is 0 Å². The van der Waals surface area contributed by atoms with Crippen LogP contribution >= 0.6 is 22.9 Å². The van der Waals surface area contributed by atoms with Gasteiger partial charge in [0.2, 0.25) is 0 Å². The zero-order valence-corrected chi connectivity index (χ0v) is 13.7. The van der Waals surface area contributed by atoms with Gasteiger partial charge in [0.05, 0.1) is 4.92 Å². The molecule has 118 valence electrons. The van der Waals surface area contributed by atoms with Crippen LogP contribution in [0.5, 0.6) is 0 Å². The molecule has 1 aliphatic rings. The summed E-state index contributed by atoms with van der Waals surface area (Å²) in [5, 5.41) is 10.8. The maximum Gasteiger partial charge on any atom is 0.300 e. The van der Waals surface area contributed by atoms with Gasteiger partial charge in [-0.05, 0) is 18.8 Å². The second-order valence-electron chi connectivity index (χ2n) is 5.12. The van der Waals surface area contributed by atoms with E-state index in [1.165, 1.54) is 4.31 Å². The van der Waals surface area contributed by atoms with Gasteiger partial charge < -0.3 is 5.73 Å². The maximum absolute atomic E-state index is 12.7. The molecular weight excluding hydrogens is 338 g/mol. The molecule has 2 unspecified atom stereocenters. The lowest BCUT2D eigenvalue weighted by atomic mass is 9.94. The molecular formula is C11H16ClN3O4S2. The Morgan fingerprint density at radius 2 is 2.29 bits per heavy atom. The van der Waals surface area contributed by atoms with E-state index in [4.69, 9.17) is 17.3 Å². The molecule has 0 saturated carbocycles. The molecule has 1 aromatic heterocycles. The molecule has 0 bridgehead atoms. The number of sulfonamides is 1. The SMILES string of the molecule is CC1CCN(S(=O)(=O)c2cc([N+](=O)[O-])c(Cl)s2)C(CN)C1. The summed E-state index contributed by atoms with van der Waals surface area (Å²) < 4.78 is 26.4. The number of nitrogens with zero attached hydrogens (tertiary/aromatic N) is 2. The van der Waals surface area contributed by atoms with Gasteiger partial charge in [-0.25, -0.2) is 8.42 Å². The Hall–Kier alpha value is -0.740. The summed E-state index contributed by atoms with van der Waals surface area (Å²) in [6, 6.07) is 0.743. The summed E-state index contributed by atoms with van der Waals surface area (Å²) in [7, 11) is -3.80. The fourth-order valence-corrected chi connectivity index (χ4v) is 5.92. The quantitative estimate of drug-likeness (QED) is 0.658. The van der Waals surface area contributed by atoms with Crippen molar-refractivity contribution in [3.63, 3.8) is 0 Å². The lowest BCUT2D eigenvalue weighted by Crippen LogP contribution is -2.48. The zero-order valence-electron chi connectivity index (χ0n) is 11.4. The summed E-state index contributed by atoms with van der Waals surface area (Å²) >= 11 is 6.46. The zero-order chi connectivity index (χ0) is 15.8. The molecule has 2 atom stereocenters. The van der Waals surface area contributed by atoms with Crippen LogP contribution in [0.15, 0.2) is 10.3 Å². The van der Waals surface area contributed by atoms with Crippen molar-refractivity contribution in [3.8, 4) is 0 Å². The third-order valence-electron chi connectivity index (χ3n) is 3.60. The Morgan fingerprint density at radius 1 is 1.62 bits per heavy atom. The van der Waals surface area contributed by atoms with E-state index >= 15 is 0 Å². The minimum absolute atomic E-state index is 0.104. The Morgan fingerprint density at radius 3 is 2.81 bits per heavy atom. The van der Waals surface area contributed by atoms with Crippen molar-refractivity contribution in [2.75, 3.05) is 13.1 Å². The normalized spacial score (nSPS) is 24.1. The van der Waals surface area contributed by atoms with Crippen molar-refractivity contribution in [1.29, 1.82) is 0 Å². The number of nitro groups is 1. The van der Waals surface area contributed by atoms with Gasteiger partial charge >= 0.3 is 0 Å². The predicted octanol–water partition coefficient (Wildman–Crippen LogP) is 2.06. The van der Waals surface area contributed by atoms with Crippen molar-refractivity contribution in [2.24, 2.45) is 11.7 Å². The average molecular weight is 354 g/mol. The summed E-state index contributed by atoms with van der Waals surface area (Å²) in [5.74, 6) is 0.409. The van der Waals surface area contributed by atoms with Crippen molar-refractivity contribution in [3.05, 3.63) is 20.5 Å². The molecule has 7 nitrogen and oxygen atoms in total. The molecule has 1 saturated heterocycles. The van der Waals surface area contributed by atoms with E-state index in [9.17, 15) is 18.5 Å². The number of hydrogen-bond acceptors (Lipinski definition) is 6. The number of rotatable bonds is 4. The van der Waals surface area contributed by atoms with Gasteiger partial charge in [-0.3, -0.25) is 10.1 Å². The molecule has 0 radical (unpaired) electrons. The Bertz CT molecular complexity index is 646. The van der Waals surface area contributed by atoms with Gasteiger partial charge in [-0.2, -0.15) is 4.31 Å². The molecule has 1 aliphatic heterocycles. The first-order valence-electron chi connectivity index (χ1n) is 6.43. The molecule has 0 aromatic carbocycles. The lowest BCUT2D eigenvalue weighted by Gasteiger charge is -2.36. The van der Waals surface area contributed by atoms with Crippen LogP contribution in [0, 0.1) is 16.0 Å². The highest BCUT2D eigenvalue weighted by molar-refractivity contribution is 7.91. The molecule has 0 spiro atoms. The minimum atomic E-state index is -3.80. The fraction of sp³-hybridized carbons (Fsp3) is 0.636. The highest BCUT2D eigenvalue weighted by Crippen LogP contribution is 2.39. The molecule has 0 amide bonds. The van der Waals surface area contributed by atoms with Crippen molar-refractivity contribution < 1.29 is 13.3 Å². The number of thiophene rings is 1. The summed E-state index contributed by atoms with van der Waals surface area (Å²) in [4.78, 5) is 10.1. The third-order valence-corrected chi connectivity index (χ3v) is 7.34. The smallest absolute Gasteiger partial charge is 0.300 e. The van der Waals surface area contributed by atoms with Gasteiger partial charge in [-0.15, -0.1) is 11.3 Å². The number of halogens is 1. The standard InChI is InChI=1S/C11H16ClN3O4S2/c1-7-2-3-14(8(4-7)6-13)21(18,19)10-5-9(15(16)17)11(12)20-10/h5,7-8H,2-4,6,13H2,1H3. The highest BCUT2D eigenvalue weighted by atomic mass is 35.5. The van der Waals surface area contributed by atoms with Crippen LogP contribution in [-0.4, -0.2) is 36.8 Å². The van der Waals surface area contributed by atoms with Crippen molar-refractivity contribution in [1.82, 2.24) is 4.31 Å². The summed E-state index contributed by atoms with van der Waals surface area (Å²) in [6.45, 7) is 2.65. The molecule has 1 fully saturated rings. The van der Waals surface area contributed by atoms with E-state index in [2.05, 4.69) is 6.92 Å². The monoisotopic (exact) mass is 353 g/mol. The highest BCUT2D eigenvalue weighted by Gasteiger charge is 2.37. The number of piperidine rings is 1. The van der Waals surface area contributed by atoms with Gasteiger partial charge in [0.25, 0.3) is 15.7 Å². The van der Waals surface area contributed by atoms with Crippen molar-refractivity contribution in [2.45, 2.75) is 30.0 Å². The van der Waals surface area contributed by atoms with E-state index < -0.39 is 14.9 Å². The van der Waals surface area contributed by atoms with Crippen LogP contribution in [0.3, 0.4) is 0 Å². The molecule has 1 aromatic rings. The molecule has 21 heavy (non-hydrogen) atoms. The topological polar surface area (TPSA) is 107 Å². The van der Waals surface area contributed by atoms with E-state index in [1.54, 1.807) is 0 Å². The Kier molecular flexibility index (Phi) is 4.89. The summed E-state index contributed by atoms with van der Waals surface area (Å²) in [6.07, 6.45) is 1.44. The first-order chi connectivity index (χ1) is 9.77. The molecule has 2 heterocycles. The van der Waals surface area contributed by atoms with Crippen LogP contribution in [0.2, 0.25) is 4.34 Å². The van der Waals surface area contributed by atoms with E-state index in [0.717, 1.165) is 12.5 Å². The maximum atomic E-state index is 12.7. The van der Waals surface area contributed by atoms with Crippen LogP contribution in [0.1, 0.15) is 19.8 Å². The molecule has 10 heteroatoms. The molecule has 2 N–H and O–H groups in total. The van der Waals surface area contributed by atoms with Gasteiger partial charge in [-0.1, -0.05) is 18.5 Å². The summed E-state index contributed by atoms with van der Waals surface area (Å²) in [5.41, 5.74) is 5.30. The minimum Gasteiger partial charge on any atom is -0.329 e. The molecule has 2 rings (SSSR count). The first-order valence-corrected chi connectivity index (χ1v) is 9.06. The Balaban J connectivity index is 2.37. The second-order valence-corrected chi connectivity index (χ2v) is 8.89. The Labute approximate surface area is 131 Å². The van der Waals surface area contributed by atoms with Gasteiger partial charge in [0.15, 0.2) is 4.34 Å². The van der Waals surface area contributed by atoms with E-state index in [1.807, 2.05) is 0 Å². The second kappa shape index (κ2) is 6.17. The van der Waals surface area contributed by atoms with Gasteiger partial charge in [0, 0.05) is 25.2 Å². The van der Waals surface area contributed by atoms with Gasteiger partial charge in [0.1, 0.15) is 4.21 Å². The molecule has 0 aliphatic carbocycles. The lowest BCUT2D eigenvalue weighted by molar-refractivity contribution is -0.384. The largest absolute Gasteiger partial charge is 0.329 e. The van der Waals surface area contributed by atoms with E-state index in [-0.39, 0.29) is 26.8 Å². The number of nitrogens with two attached hydrogens (primary N) is 1. The average Bonchev–Trinajstić information content (AvgIpc) is 2.81. The van der Waals surface area contributed by atoms with Crippen LogP contribution < -0.4 is 5.73 Å². The predicted molar refractivity (Wildman–Crippen MR) is 81.1 cm³/mol. The van der Waals surface area contributed by atoms with Crippen molar-refractivity contribution >= 4 is 38.6 Å².